The summed E-state index contributed by atoms with van der Waals surface area (Å²) in [6.07, 6.45) is 4.27. The van der Waals surface area contributed by atoms with E-state index in [0.29, 0.717) is 18.5 Å². The first-order valence-corrected chi connectivity index (χ1v) is 8.61. The van der Waals surface area contributed by atoms with Gasteiger partial charge in [-0.15, -0.1) is 0 Å². The zero-order valence-electron chi connectivity index (χ0n) is 11.3. The van der Waals surface area contributed by atoms with Crippen molar-refractivity contribution < 1.29 is 13.2 Å². The Morgan fingerprint density at radius 3 is 2.83 bits per heavy atom. The molecule has 1 N–H and O–H groups in total. The summed E-state index contributed by atoms with van der Waals surface area (Å²) >= 11 is 0. The van der Waals surface area contributed by atoms with E-state index in [4.69, 9.17) is 4.74 Å². The van der Waals surface area contributed by atoms with Crippen LogP contribution in [0, 0.1) is 5.92 Å². The normalized spacial score (nSPS) is 34.9. The van der Waals surface area contributed by atoms with E-state index >= 15 is 0 Å². The Hall–Kier alpha value is -0.170. The van der Waals surface area contributed by atoms with E-state index in [-0.39, 0.29) is 6.04 Å². The highest BCUT2D eigenvalue weighted by molar-refractivity contribution is 7.88. The molecular weight excluding hydrogens is 252 g/mol. The highest BCUT2D eigenvalue weighted by Crippen LogP contribution is 2.21. The minimum absolute atomic E-state index is 0.134. The fourth-order valence-corrected chi connectivity index (χ4v) is 4.10. The first-order chi connectivity index (χ1) is 8.48. The molecule has 6 heteroatoms. The van der Waals surface area contributed by atoms with E-state index in [9.17, 15) is 8.42 Å². The summed E-state index contributed by atoms with van der Waals surface area (Å²) in [6.45, 7) is 5.23. The maximum Gasteiger partial charge on any atom is 0.211 e. The lowest BCUT2D eigenvalue weighted by Crippen LogP contribution is -2.48. The van der Waals surface area contributed by atoms with E-state index in [1.54, 1.807) is 4.31 Å². The van der Waals surface area contributed by atoms with Crippen molar-refractivity contribution in [3.63, 3.8) is 0 Å². The van der Waals surface area contributed by atoms with Gasteiger partial charge in [-0.1, -0.05) is 6.92 Å². The van der Waals surface area contributed by atoms with Crippen molar-refractivity contribution in [2.75, 3.05) is 32.6 Å². The third-order valence-corrected chi connectivity index (χ3v) is 5.34. The van der Waals surface area contributed by atoms with E-state index in [1.807, 2.05) is 0 Å². The van der Waals surface area contributed by atoms with Crippen LogP contribution in [-0.4, -0.2) is 57.4 Å². The Balaban J connectivity index is 1.85. The third kappa shape index (κ3) is 3.44. The van der Waals surface area contributed by atoms with Crippen LogP contribution in [-0.2, 0) is 14.8 Å². The molecule has 2 aliphatic rings. The van der Waals surface area contributed by atoms with Gasteiger partial charge in [0.05, 0.1) is 12.9 Å². The van der Waals surface area contributed by atoms with Gasteiger partial charge in [0.1, 0.15) is 0 Å². The van der Waals surface area contributed by atoms with E-state index in [0.717, 1.165) is 39.0 Å². The summed E-state index contributed by atoms with van der Waals surface area (Å²) in [5, 5.41) is 3.53. The van der Waals surface area contributed by atoms with Gasteiger partial charge in [0, 0.05) is 31.8 Å². The SMILES string of the molecule is C[C@H]1COCC[C@H]1NC[C@H]1CCCN1S(C)(=O)=O. The van der Waals surface area contributed by atoms with E-state index < -0.39 is 10.0 Å². The quantitative estimate of drug-likeness (QED) is 0.809. The van der Waals surface area contributed by atoms with Crippen LogP contribution < -0.4 is 5.32 Å². The zero-order valence-corrected chi connectivity index (χ0v) is 12.1. The Bertz CT molecular complexity index is 372. The summed E-state index contributed by atoms with van der Waals surface area (Å²) in [5.41, 5.74) is 0. The molecule has 5 nitrogen and oxygen atoms in total. The number of nitrogens with one attached hydrogen (secondary N) is 1. The standard InChI is InChI=1S/C12H24N2O3S/c1-10-9-17-7-5-12(10)13-8-11-4-3-6-14(11)18(2,15)16/h10-13H,3-9H2,1-2H3/t10-,11+,12+/m0/s1. The fourth-order valence-electron chi connectivity index (χ4n) is 2.92. The molecule has 2 fully saturated rings. The maximum absolute atomic E-state index is 11.6. The van der Waals surface area contributed by atoms with E-state index in [2.05, 4.69) is 12.2 Å². The van der Waals surface area contributed by atoms with Crippen molar-refractivity contribution in [3.8, 4) is 0 Å². The molecule has 0 unspecified atom stereocenters. The molecule has 3 atom stereocenters. The lowest BCUT2D eigenvalue weighted by atomic mass is 9.97. The summed E-state index contributed by atoms with van der Waals surface area (Å²) < 4.78 is 30.3. The summed E-state index contributed by atoms with van der Waals surface area (Å²) in [5.74, 6) is 0.506. The average Bonchev–Trinajstić information content (AvgIpc) is 2.76. The molecular formula is C12H24N2O3S. The topological polar surface area (TPSA) is 58.6 Å². The van der Waals surface area contributed by atoms with Crippen molar-refractivity contribution >= 4 is 10.0 Å². The predicted molar refractivity (Wildman–Crippen MR) is 71.0 cm³/mol. The molecule has 0 bridgehead atoms. The minimum atomic E-state index is -3.05. The molecule has 0 aliphatic carbocycles. The lowest BCUT2D eigenvalue weighted by molar-refractivity contribution is 0.0381. The molecule has 0 saturated carbocycles. The molecule has 0 amide bonds. The monoisotopic (exact) mass is 276 g/mol. The molecule has 0 radical (unpaired) electrons. The maximum atomic E-state index is 11.6. The Morgan fingerprint density at radius 2 is 2.17 bits per heavy atom. The molecule has 2 rings (SSSR count). The van der Waals surface area contributed by atoms with Crippen LogP contribution in [0.1, 0.15) is 26.2 Å². The van der Waals surface area contributed by atoms with Gasteiger partial charge in [0.2, 0.25) is 10.0 Å². The number of hydrogen-bond acceptors (Lipinski definition) is 4. The molecule has 106 valence electrons. The van der Waals surface area contributed by atoms with Gasteiger partial charge in [-0.2, -0.15) is 4.31 Å². The largest absolute Gasteiger partial charge is 0.381 e. The van der Waals surface area contributed by atoms with Crippen molar-refractivity contribution in [3.05, 3.63) is 0 Å². The third-order valence-electron chi connectivity index (χ3n) is 4.01. The fraction of sp³-hybridized carbons (Fsp3) is 1.00. The van der Waals surface area contributed by atoms with Gasteiger partial charge in [-0.25, -0.2) is 8.42 Å². The van der Waals surface area contributed by atoms with Gasteiger partial charge in [0.25, 0.3) is 0 Å². The first kappa shape index (κ1) is 14.2. The lowest BCUT2D eigenvalue weighted by Gasteiger charge is -2.32. The van der Waals surface area contributed by atoms with Crippen LogP contribution in [0.4, 0.5) is 0 Å². The van der Waals surface area contributed by atoms with E-state index in [1.165, 1.54) is 6.26 Å². The second-order valence-corrected chi connectivity index (χ2v) is 7.46. The smallest absolute Gasteiger partial charge is 0.211 e. The zero-order chi connectivity index (χ0) is 13.2. The van der Waals surface area contributed by atoms with Crippen LogP contribution >= 0.6 is 0 Å². The predicted octanol–water partition coefficient (Wildman–Crippen LogP) is 0.425. The Kier molecular flexibility index (Phi) is 4.64. The highest BCUT2D eigenvalue weighted by atomic mass is 32.2. The van der Waals surface area contributed by atoms with Gasteiger partial charge in [0.15, 0.2) is 0 Å². The molecule has 0 aromatic rings. The van der Waals surface area contributed by atoms with Crippen molar-refractivity contribution in [2.45, 2.75) is 38.3 Å². The van der Waals surface area contributed by atoms with Gasteiger partial charge < -0.3 is 10.1 Å². The average molecular weight is 276 g/mol. The van der Waals surface area contributed by atoms with Crippen LogP contribution in [0.5, 0.6) is 0 Å². The Labute approximate surface area is 110 Å². The summed E-state index contributed by atoms with van der Waals surface area (Å²) in [4.78, 5) is 0. The molecule has 18 heavy (non-hydrogen) atoms. The van der Waals surface area contributed by atoms with Crippen LogP contribution in [0.15, 0.2) is 0 Å². The number of ether oxygens (including phenoxy) is 1. The Morgan fingerprint density at radius 1 is 1.39 bits per heavy atom. The highest BCUT2D eigenvalue weighted by Gasteiger charge is 2.32. The van der Waals surface area contributed by atoms with Gasteiger partial charge in [-0.3, -0.25) is 0 Å². The van der Waals surface area contributed by atoms with Crippen LogP contribution in [0.25, 0.3) is 0 Å². The molecule has 0 spiro atoms. The number of nitrogens with zero attached hydrogens (tertiary/aromatic N) is 1. The number of hydrogen-bond donors (Lipinski definition) is 1. The van der Waals surface area contributed by atoms with Gasteiger partial charge >= 0.3 is 0 Å². The molecule has 0 aromatic carbocycles. The number of rotatable bonds is 4. The molecule has 0 aromatic heterocycles. The summed E-state index contributed by atoms with van der Waals surface area (Å²) in [7, 11) is -3.05. The van der Waals surface area contributed by atoms with Crippen molar-refractivity contribution in [1.29, 1.82) is 0 Å². The molecule has 2 saturated heterocycles. The van der Waals surface area contributed by atoms with Gasteiger partial charge in [-0.05, 0) is 25.2 Å². The van der Waals surface area contributed by atoms with Crippen molar-refractivity contribution in [1.82, 2.24) is 9.62 Å². The summed E-state index contributed by atoms with van der Waals surface area (Å²) in [6, 6.07) is 0.593. The second kappa shape index (κ2) is 5.86. The molecule has 2 heterocycles. The van der Waals surface area contributed by atoms with Crippen LogP contribution in [0.3, 0.4) is 0 Å². The second-order valence-electron chi connectivity index (χ2n) is 5.53. The first-order valence-electron chi connectivity index (χ1n) is 6.76. The van der Waals surface area contributed by atoms with Crippen LogP contribution in [0.2, 0.25) is 0 Å². The van der Waals surface area contributed by atoms with Crippen molar-refractivity contribution in [2.24, 2.45) is 5.92 Å². The molecule has 2 aliphatic heterocycles. The minimum Gasteiger partial charge on any atom is -0.381 e. The number of sulfonamides is 1.